The van der Waals surface area contributed by atoms with E-state index in [1.807, 2.05) is 0 Å². The first kappa shape index (κ1) is 19.5. The Hall–Kier alpha value is -2.48. The number of halogens is 2. The SMILES string of the molecule is CCOC(=O)c1cn(C2CC2)c2c(F)c(N3C[C@@H]4CCCN[C@@H]4C3)c(F)cc2c1=O. The van der Waals surface area contributed by atoms with Crippen molar-refractivity contribution in [3.05, 3.63) is 39.7 Å². The molecule has 1 aromatic carbocycles. The van der Waals surface area contributed by atoms with E-state index in [0.717, 1.165) is 38.3 Å². The summed E-state index contributed by atoms with van der Waals surface area (Å²) in [5.74, 6) is -1.88. The first-order valence-corrected chi connectivity index (χ1v) is 10.7. The average molecular weight is 417 g/mol. The van der Waals surface area contributed by atoms with Gasteiger partial charge in [0.15, 0.2) is 5.82 Å². The Kier molecular flexibility index (Phi) is 4.76. The molecule has 0 bridgehead atoms. The standard InChI is InChI=1S/C22H25F2N3O3/c1-2-30-22(29)15-10-27(13-5-6-13)19-14(21(15)28)8-16(23)20(18(19)24)26-9-12-4-3-7-25-17(12)11-26/h8,10,12-13,17,25H,2-7,9,11H2,1H3/t12-,17+/m0/s1. The second-order valence-electron chi connectivity index (χ2n) is 8.52. The van der Waals surface area contributed by atoms with Gasteiger partial charge in [-0.1, -0.05) is 0 Å². The molecule has 0 spiro atoms. The molecule has 0 amide bonds. The van der Waals surface area contributed by atoms with Crippen molar-refractivity contribution in [3.8, 4) is 0 Å². The fourth-order valence-electron chi connectivity index (χ4n) is 4.95. The Morgan fingerprint density at radius 3 is 2.77 bits per heavy atom. The van der Waals surface area contributed by atoms with Gasteiger partial charge in [0.25, 0.3) is 0 Å². The number of benzene rings is 1. The quantitative estimate of drug-likeness (QED) is 0.775. The summed E-state index contributed by atoms with van der Waals surface area (Å²) in [6.07, 6.45) is 5.14. The molecule has 160 valence electrons. The van der Waals surface area contributed by atoms with E-state index in [4.69, 9.17) is 4.74 Å². The zero-order valence-electron chi connectivity index (χ0n) is 16.9. The van der Waals surface area contributed by atoms with Crippen molar-refractivity contribution < 1.29 is 18.3 Å². The number of nitrogens with one attached hydrogen (secondary N) is 1. The summed E-state index contributed by atoms with van der Waals surface area (Å²) < 4.78 is 37.5. The molecule has 1 saturated carbocycles. The maximum Gasteiger partial charge on any atom is 0.343 e. The van der Waals surface area contributed by atoms with Crippen LogP contribution in [0.1, 0.15) is 49.0 Å². The Bertz CT molecular complexity index is 1070. The minimum Gasteiger partial charge on any atom is -0.462 e. The lowest BCUT2D eigenvalue weighted by atomic mass is 9.94. The number of aromatic nitrogens is 1. The Labute approximate surface area is 172 Å². The molecule has 30 heavy (non-hydrogen) atoms. The van der Waals surface area contributed by atoms with Gasteiger partial charge in [-0.2, -0.15) is 0 Å². The van der Waals surface area contributed by atoms with Crippen LogP contribution in [0.15, 0.2) is 17.1 Å². The molecule has 3 aliphatic rings. The number of nitrogens with zero attached hydrogens (tertiary/aromatic N) is 2. The first-order valence-electron chi connectivity index (χ1n) is 10.7. The topological polar surface area (TPSA) is 63.6 Å². The lowest BCUT2D eigenvalue weighted by Crippen LogP contribution is -2.40. The Morgan fingerprint density at radius 2 is 2.07 bits per heavy atom. The molecule has 1 aromatic heterocycles. The number of carbonyl (C=O) groups is 1. The molecule has 8 heteroatoms. The Balaban J connectivity index is 1.66. The van der Waals surface area contributed by atoms with Crippen LogP contribution in [0.4, 0.5) is 14.5 Å². The van der Waals surface area contributed by atoms with Crippen molar-refractivity contribution in [2.24, 2.45) is 5.92 Å². The van der Waals surface area contributed by atoms with Gasteiger partial charge in [0.2, 0.25) is 5.43 Å². The summed E-state index contributed by atoms with van der Waals surface area (Å²) in [5.41, 5.74) is -0.869. The maximum atomic E-state index is 15.8. The van der Waals surface area contributed by atoms with Gasteiger partial charge in [0.1, 0.15) is 17.1 Å². The smallest absolute Gasteiger partial charge is 0.343 e. The van der Waals surface area contributed by atoms with Gasteiger partial charge in [0, 0.05) is 31.4 Å². The van der Waals surface area contributed by atoms with Crippen LogP contribution in [0.2, 0.25) is 0 Å². The van der Waals surface area contributed by atoms with Gasteiger partial charge < -0.3 is 19.5 Å². The highest BCUT2D eigenvalue weighted by Crippen LogP contribution is 2.40. The van der Waals surface area contributed by atoms with Crippen molar-refractivity contribution >= 4 is 22.6 Å². The molecule has 6 nitrogen and oxygen atoms in total. The minimum absolute atomic E-state index is 0.00286. The van der Waals surface area contributed by atoms with Crippen molar-refractivity contribution in [2.75, 3.05) is 31.1 Å². The number of ether oxygens (including phenoxy) is 1. The number of anilines is 1. The molecule has 0 unspecified atom stereocenters. The molecular weight excluding hydrogens is 392 g/mol. The van der Waals surface area contributed by atoms with Gasteiger partial charge in [-0.05, 0) is 51.1 Å². The van der Waals surface area contributed by atoms with Crippen LogP contribution in [-0.2, 0) is 4.74 Å². The van der Waals surface area contributed by atoms with Crippen LogP contribution in [0, 0.1) is 17.6 Å². The zero-order chi connectivity index (χ0) is 21.0. The molecule has 3 fully saturated rings. The molecule has 2 saturated heterocycles. The van der Waals surface area contributed by atoms with E-state index in [-0.39, 0.29) is 40.8 Å². The molecule has 5 rings (SSSR count). The third-order valence-corrected chi connectivity index (χ3v) is 6.53. The summed E-state index contributed by atoms with van der Waals surface area (Å²) in [4.78, 5) is 26.9. The highest BCUT2D eigenvalue weighted by atomic mass is 19.1. The van der Waals surface area contributed by atoms with Crippen molar-refractivity contribution in [2.45, 2.75) is 44.7 Å². The molecule has 3 heterocycles. The van der Waals surface area contributed by atoms with Gasteiger partial charge in [-0.25, -0.2) is 13.6 Å². The predicted octanol–water partition coefficient (Wildman–Crippen LogP) is 2.98. The second-order valence-corrected chi connectivity index (χ2v) is 8.52. The van der Waals surface area contributed by atoms with Crippen LogP contribution >= 0.6 is 0 Å². The van der Waals surface area contributed by atoms with Gasteiger partial charge in [-0.15, -0.1) is 0 Å². The third kappa shape index (κ3) is 3.09. The number of hydrogen-bond donors (Lipinski definition) is 1. The highest BCUT2D eigenvalue weighted by Gasteiger charge is 2.38. The minimum atomic E-state index is -0.765. The summed E-state index contributed by atoms with van der Waals surface area (Å²) >= 11 is 0. The van der Waals surface area contributed by atoms with E-state index < -0.39 is 23.0 Å². The first-order chi connectivity index (χ1) is 14.5. The number of carbonyl (C=O) groups excluding carboxylic acids is 1. The Morgan fingerprint density at radius 1 is 1.27 bits per heavy atom. The summed E-state index contributed by atoms with van der Waals surface area (Å²) in [6, 6.07) is 1.31. The number of esters is 1. The van der Waals surface area contributed by atoms with Crippen LogP contribution < -0.4 is 15.6 Å². The van der Waals surface area contributed by atoms with Crippen LogP contribution in [-0.4, -0.2) is 42.8 Å². The van der Waals surface area contributed by atoms with E-state index in [1.165, 1.54) is 6.20 Å². The number of rotatable bonds is 4. The van der Waals surface area contributed by atoms with Crippen molar-refractivity contribution in [1.29, 1.82) is 0 Å². The lowest BCUT2D eigenvalue weighted by molar-refractivity contribution is 0.0524. The zero-order valence-corrected chi connectivity index (χ0v) is 16.9. The number of fused-ring (bicyclic) bond motifs is 2. The summed E-state index contributed by atoms with van der Waals surface area (Å²) in [7, 11) is 0. The summed E-state index contributed by atoms with van der Waals surface area (Å²) in [6.45, 7) is 3.82. The van der Waals surface area contributed by atoms with E-state index >= 15 is 8.78 Å². The van der Waals surface area contributed by atoms with Crippen LogP contribution in [0.5, 0.6) is 0 Å². The largest absolute Gasteiger partial charge is 0.462 e. The average Bonchev–Trinajstić information content (AvgIpc) is 3.47. The van der Waals surface area contributed by atoms with Crippen LogP contribution in [0.3, 0.4) is 0 Å². The molecule has 0 radical (unpaired) electrons. The normalized spacial score (nSPS) is 23.6. The molecule has 1 aliphatic carbocycles. The van der Waals surface area contributed by atoms with E-state index in [2.05, 4.69) is 5.32 Å². The molecule has 2 aromatic rings. The van der Waals surface area contributed by atoms with Gasteiger partial charge >= 0.3 is 5.97 Å². The number of piperidine rings is 1. The molecule has 2 aliphatic heterocycles. The van der Waals surface area contributed by atoms with E-state index in [1.54, 1.807) is 16.4 Å². The van der Waals surface area contributed by atoms with Crippen molar-refractivity contribution in [1.82, 2.24) is 9.88 Å². The second kappa shape index (κ2) is 7.34. The van der Waals surface area contributed by atoms with E-state index in [0.29, 0.717) is 19.0 Å². The summed E-state index contributed by atoms with van der Waals surface area (Å²) in [5, 5.41) is 3.33. The molecule has 2 atom stereocenters. The molecular formula is C22H25F2N3O3. The van der Waals surface area contributed by atoms with Gasteiger partial charge in [-0.3, -0.25) is 4.79 Å². The van der Waals surface area contributed by atoms with Crippen molar-refractivity contribution in [3.63, 3.8) is 0 Å². The van der Waals surface area contributed by atoms with Crippen LogP contribution in [0.25, 0.3) is 10.9 Å². The fourth-order valence-corrected chi connectivity index (χ4v) is 4.95. The highest BCUT2D eigenvalue weighted by molar-refractivity contribution is 5.95. The maximum absolute atomic E-state index is 15.8. The monoisotopic (exact) mass is 417 g/mol. The lowest BCUT2D eigenvalue weighted by Gasteiger charge is -2.24. The van der Waals surface area contributed by atoms with Gasteiger partial charge in [0.05, 0.1) is 17.5 Å². The number of pyridine rings is 1. The predicted molar refractivity (Wildman–Crippen MR) is 109 cm³/mol. The number of hydrogen-bond acceptors (Lipinski definition) is 5. The molecule has 1 N–H and O–H groups in total. The fraction of sp³-hybridized carbons (Fsp3) is 0.545. The van der Waals surface area contributed by atoms with E-state index in [9.17, 15) is 9.59 Å². The third-order valence-electron chi connectivity index (χ3n) is 6.53.